The van der Waals surface area contributed by atoms with E-state index in [2.05, 4.69) is 13.8 Å². The van der Waals surface area contributed by atoms with Gasteiger partial charge < -0.3 is 18.9 Å². The van der Waals surface area contributed by atoms with E-state index in [9.17, 15) is 4.79 Å². The van der Waals surface area contributed by atoms with Crippen molar-refractivity contribution in [3.63, 3.8) is 0 Å². The highest BCUT2D eigenvalue weighted by Gasteiger charge is 2.01. The third kappa shape index (κ3) is 23.3. The average molecular weight is 389 g/mol. The van der Waals surface area contributed by atoms with E-state index < -0.39 is 0 Å². The number of carbonyl (C=O) groups is 1. The van der Waals surface area contributed by atoms with E-state index >= 15 is 0 Å². The summed E-state index contributed by atoms with van der Waals surface area (Å²) in [5.41, 5.74) is 0. The van der Waals surface area contributed by atoms with Crippen LogP contribution in [0, 0.1) is 0 Å². The molecule has 0 heterocycles. The van der Waals surface area contributed by atoms with Gasteiger partial charge in [-0.15, -0.1) is 0 Å². The van der Waals surface area contributed by atoms with Crippen molar-refractivity contribution in [1.29, 1.82) is 0 Å². The fourth-order valence-electron chi connectivity index (χ4n) is 2.69. The molecule has 0 aliphatic heterocycles. The maximum atomic E-state index is 11.4. The maximum absolute atomic E-state index is 11.4. The summed E-state index contributed by atoms with van der Waals surface area (Å²) in [4.78, 5) is 11.4. The molecule has 0 fully saturated rings. The van der Waals surface area contributed by atoms with E-state index in [1.165, 1.54) is 44.9 Å². The maximum Gasteiger partial charge on any atom is 0.305 e. The Morgan fingerprint density at radius 2 is 0.963 bits per heavy atom. The molecule has 0 aromatic rings. The Kier molecular flexibility index (Phi) is 22.8. The Labute approximate surface area is 167 Å². The van der Waals surface area contributed by atoms with Crippen molar-refractivity contribution in [2.45, 2.75) is 90.9 Å². The Morgan fingerprint density at radius 3 is 1.56 bits per heavy atom. The highest BCUT2D eigenvalue weighted by molar-refractivity contribution is 5.69. The second kappa shape index (κ2) is 23.4. The lowest BCUT2D eigenvalue weighted by Gasteiger charge is -2.07. The summed E-state index contributed by atoms with van der Waals surface area (Å²) in [6.45, 7) is 8.27. The van der Waals surface area contributed by atoms with Crippen LogP contribution in [-0.2, 0) is 23.7 Å². The largest absolute Gasteiger partial charge is 0.463 e. The first-order chi connectivity index (χ1) is 13.3. The van der Waals surface area contributed by atoms with E-state index in [0.29, 0.717) is 46.1 Å². The van der Waals surface area contributed by atoms with Crippen LogP contribution in [0.5, 0.6) is 0 Å². The number of esters is 1. The van der Waals surface area contributed by atoms with Crippen LogP contribution in [0.3, 0.4) is 0 Å². The van der Waals surface area contributed by atoms with Gasteiger partial charge in [0.2, 0.25) is 0 Å². The molecule has 0 saturated heterocycles. The normalized spacial score (nSPS) is 11.0. The van der Waals surface area contributed by atoms with Gasteiger partial charge in [-0.3, -0.25) is 4.79 Å². The molecule has 162 valence electrons. The van der Waals surface area contributed by atoms with Gasteiger partial charge in [-0.05, 0) is 12.8 Å². The first-order valence-corrected chi connectivity index (χ1v) is 11.2. The molecule has 0 rings (SSSR count). The predicted molar refractivity (Wildman–Crippen MR) is 110 cm³/mol. The van der Waals surface area contributed by atoms with Crippen molar-refractivity contribution in [3.05, 3.63) is 0 Å². The lowest BCUT2D eigenvalue weighted by Crippen LogP contribution is -2.14. The van der Waals surface area contributed by atoms with Crippen LogP contribution in [0.2, 0.25) is 0 Å². The summed E-state index contributed by atoms with van der Waals surface area (Å²) in [5, 5.41) is 0. The van der Waals surface area contributed by atoms with Crippen molar-refractivity contribution in [1.82, 2.24) is 0 Å². The topological polar surface area (TPSA) is 54.0 Å². The minimum absolute atomic E-state index is 0.128. The Bertz CT molecular complexity index is 296. The lowest BCUT2D eigenvalue weighted by atomic mass is 10.1. The zero-order valence-electron chi connectivity index (χ0n) is 18.0. The van der Waals surface area contributed by atoms with Gasteiger partial charge in [-0.25, -0.2) is 0 Å². The number of ether oxygens (including phenoxy) is 4. The zero-order valence-corrected chi connectivity index (χ0v) is 18.0. The van der Waals surface area contributed by atoms with Crippen molar-refractivity contribution in [2.75, 3.05) is 46.2 Å². The average Bonchev–Trinajstić information content (AvgIpc) is 2.67. The summed E-state index contributed by atoms with van der Waals surface area (Å²) in [7, 11) is 0. The summed E-state index contributed by atoms with van der Waals surface area (Å²) in [6, 6.07) is 0. The van der Waals surface area contributed by atoms with E-state index in [1.54, 1.807) is 0 Å². The SMILES string of the molecule is CCCCCCCCCCOCCOCCOCCOC(=O)CCCCC. The first kappa shape index (κ1) is 26.4. The summed E-state index contributed by atoms with van der Waals surface area (Å²) < 4.78 is 21.5. The van der Waals surface area contributed by atoms with Gasteiger partial charge in [-0.1, -0.05) is 71.6 Å². The molecule has 0 aromatic carbocycles. The van der Waals surface area contributed by atoms with E-state index in [1.807, 2.05) is 0 Å². The van der Waals surface area contributed by atoms with E-state index in [4.69, 9.17) is 18.9 Å². The monoisotopic (exact) mass is 388 g/mol. The van der Waals surface area contributed by atoms with Gasteiger partial charge in [0.15, 0.2) is 0 Å². The quantitative estimate of drug-likeness (QED) is 0.186. The molecule has 0 aliphatic rings. The van der Waals surface area contributed by atoms with E-state index in [-0.39, 0.29) is 5.97 Å². The molecule has 0 spiro atoms. The number of rotatable bonds is 22. The van der Waals surface area contributed by atoms with Gasteiger partial charge in [0.25, 0.3) is 0 Å². The Balaban J connectivity index is 3.06. The molecule has 5 nitrogen and oxygen atoms in total. The summed E-state index contributed by atoms with van der Waals surface area (Å²) >= 11 is 0. The van der Waals surface area contributed by atoms with Crippen molar-refractivity contribution < 1.29 is 23.7 Å². The van der Waals surface area contributed by atoms with Gasteiger partial charge in [0, 0.05) is 13.0 Å². The number of hydrogen-bond acceptors (Lipinski definition) is 5. The fourth-order valence-corrected chi connectivity index (χ4v) is 2.69. The van der Waals surface area contributed by atoms with Crippen LogP contribution in [-0.4, -0.2) is 52.2 Å². The molecule has 0 N–H and O–H groups in total. The molecule has 0 bridgehead atoms. The minimum Gasteiger partial charge on any atom is -0.463 e. The van der Waals surface area contributed by atoms with E-state index in [0.717, 1.165) is 32.3 Å². The minimum atomic E-state index is -0.128. The molecule has 0 amide bonds. The van der Waals surface area contributed by atoms with Crippen LogP contribution >= 0.6 is 0 Å². The highest BCUT2D eigenvalue weighted by Crippen LogP contribution is 2.08. The second-order valence-corrected chi connectivity index (χ2v) is 6.99. The van der Waals surface area contributed by atoms with Gasteiger partial charge in [-0.2, -0.15) is 0 Å². The third-order valence-corrected chi connectivity index (χ3v) is 4.36. The molecule has 0 saturated carbocycles. The standard InChI is InChI=1S/C22H44O5/c1-3-5-7-8-9-10-11-13-15-24-16-17-25-18-19-26-20-21-27-22(23)14-12-6-4-2/h3-21H2,1-2H3. The molecule has 0 aliphatic carbocycles. The highest BCUT2D eigenvalue weighted by atomic mass is 16.6. The van der Waals surface area contributed by atoms with Crippen LogP contribution < -0.4 is 0 Å². The molecular formula is C22H44O5. The van der Waals surface area contributed by atoms with Crippen LogP contribution in [0.1, 0.15) is 90.9 Å². The third-order valence-electron chi connectivity index (χ3n) is 4.36. The molecule has 0 atom stereocenters. The first-order valence-electron chi connectivity index (χ1n) is 11.2. The van der Waals surface area contributed by atoms with Gasteiger partial charge >= 0.3 is 5.97 Å². The fraction of sp³-hybridized carbons (Fsp3) is 0.955. The summed E-state index contributed by atoms with van der Waals surface area (Å²) in [6.07, 6.45) is 14.2. The molecule has 0 unspecified atom stereocenters. The Hall–Kier alpha value is -0.650. The van der Waals surface area contributed by atoms with Crippen LogP contribution in [0.25, 0.3) is 0 Å². The van der Waals surface area contributed by atoms with Crippen molar-refractivity contribution >= 4 is 5.97 Å². The lowest BCUT2D eigenvalue weighted by molar-refractivity contribution is -0.145. The Morgan fingerprint density at radius 1 is 0.519 bits per heavy atom. The van der Waals surface area contributed by atoms with Crippen molar-refractivity contribution in [2.24, 2.45) is 0 Å². The molecule has 0 radical (unpaired) electrons. The predicted octanol–water partition coefficient (Wildman–Crippen LogP) is 5.30. The van der Waals surface area contributed by atoms with Crippen LogP contribution in [0.15, 0.2) is 0 Å². The molecular weight excluding hydrogens is 344 g/mol. The van der Waals surface area contributed by atoms with Crippen molar-refractivity contribution in [3.8, 4) is 0 Å². The van der Waals surface area contributed by atoms with Crippen LogP contribution in [0.4, 0.5) is 0 Å². The zero-order chi connectivity index (χ0) is 19.8. The molecule has 0 aromatic heterocycles. The molecule has 5 heteroatoms. The summed E-state index contributed by atoms with van der Waals surface area (Å²) in [5.74, 6) is -0.128. The van der Waals surface area contributed by atoms with Gasteiger partial charge in [0.05, 0.1) is 33.0 Å². The number of unbranched alkanes of at least 4 members (excludes halogenated alkanes) is 9. The number of carbonyl (C=O) groups excluding carboxylic acids is 1. The van der Waals surface area contributed by atoms with Gasteiger partial charge in [0.1, 0.15) is 6.61 Å². The number of hydrogen-bond donors (Lipinski definition) is 0. The molecule has 27 heavy (non-hydrogen) atoms. The second-order valence-electron chi connectivity index (χ2n) is 6.99. The smallest absolute Gasteiger partial charge is 0.305 e.